The lowest BCUT2D eigenvalue weighted by Crippen LogP contribution is -2.41. The zero-order valence-corrected chi connectivity index (χ0v) is 8.86. The number of hydroxylamine groups is 1. The van der Waals surface area contributed by atoms with E-state index in [1.807, 2.05) is 0 Å². The summed E-state index contributed by atoms with van der Waals surface area (Å²) < 4.78 is 0. The quantitative estimate of drug-likeness (QED) is 0.460. The number of amides is 3. The van der Waals surface area contributed by atoms with Crippen molar-refractivity contribution in [1.82, 2.24) is 10.8 Å². The smallest absolute Gasteiger partial charge is 0.313 e. The number of halogens is 1. The summed E-state index contributed by atoms with van der Waals surface area (Å²) in [5.41, 5.74) is 6.81. The molecule has 86 valence electrons. The molecule has 7 heteroatoms. The Bertz CT molecular complexity index is 393. The summed E-state index contributed by atoms with van der Waals surface area (Å²) >= 11 is 5.67. The first-order valence-corrected chi connectivity index (χ1v) is 4.67. The molecule has 3 amide bonds. The molecule has 0 aliphatic carbocycles. The number of hydrogen-bond donors (Lipinski definition) is 4. The second-order valence-corrected chi connectivity index (χ2v) is 3.41. The summed E-state index contributed by atoms with van der Waals surface area (Å²) in [6.45, 7) is 0. The second-order valence-electron chi connectivity index (χ2n) is 2.97. The molecule has 0 aliphatic heterocycles. The third-order valence-corrected chi connectivity index (χ3v) is 2.11. The topological polar surface area (TPSA) is 104 Å². The summed E-state index contributed by atoms with van der Waals surface area (Å²) in [4.78, 5) is 22.0. The van der Waals surface area contributed by atoms with Gasteiger partial charge in [0.25, 0.3) is 5.91 Å². The highest BCUT2D eigenvalue weighted by Gasteiger charge is 2.21. The standard InChI is InChI=1S/C9H10ClN3O3/c10-6-3-1-5(2-4-6)7(8(14)13-16)12-9(11)15/h1-4,7,16H,(H,13,14)(H3,11,12,15). The van der Waals surface area contributed by atoms with E-state index in [4.69, 9.17) is 22.5 Å². The predicted molar refractivity (Wildman–Crippen MR) is 56.8 cm³/mol. The zero-order valence-electron chi connectivity index (χ0n) is 8.11. The molecule has 1 aromatic rings. The fraction of sp³-hybridized carbons (Fsp3) is 0.111. The highest BCUT2D eigenvalue weighted by Crippen LogP contribution is 2.16. The maximum absolute atomic E-state index is 11.3. The van der Waals surface area contributed by atoms with Gasteiger partial charge in [-0.15, -0.1) is 0 Å². The van der Waals surface area contributed by atoms with Gasteiger partial charge in [0.05, 0.1) is 0 Å². The molecule has 1 rings (SSSR count). The van der Waals surface area contributed by atoms with Crippen LogP contribution >= 0.6 is 11.6 Å². The van der Waals surface area contributed by atoms with Gasteiger partial charge in [0, 0.05) is 5.02 Å². The summed E-state index contributed by atoms with van der Waals surface area (Å²) in [5.74, 6) is -0.791. The fourth-order valence-electron chi connectivity index (χ4n) is 1.16. The highest BCUT2D eigenvalue weighted by atomic mass is 35.5. The van der Waals surface area contributed by atoms with Crippen LogP contribution in [0.1, 0.15) is 11.6 Å². The summed E-state index contributed by atoms with van der Waals surface area (Å²) in [6, 6.07) is 4.26. The van der Waals surface area contributed by atoms with Crippen molar-refractivity contribution in [2.24, 2.45) is 5.73 Å². The number of nitrogens with one attached hydrogen (secondary N) is 2. The molecule has 0 spiro atoms. The van der Waals surface area contributed by atoms with Gasteiger partial charge in [-0.05, 0) is 17.7 Å². The Balaban J connectivity index is 2.96. The van der Waals surface area contributed by atoms with Gasteiger partial charge in [-0.3, -0.25) is 10.0 Å². The van der Waals surface area contributed by atoms with Crippen LogP contribution in [0.25, 0.3) is 0 Å². The van der Waals surface area contributed by atoms with Crippen LogP contribution in [-0.2, 0) is 4.79 Å². The second kappa shape index (κ2) is 5.34. The van der Waals surface area contributed by atoms with Crippen molar-refractivity contribution in [3.05, 3.63) is 34.9 Å². The molecule has 1 atom stereocenters. The van der Waals surface area contributed by atoms with Crippen molar-refractivity contribution in [2.45, 2.75) is 6.04 Å². The average Bonchev–Trinajstić information content (AvgIpc) is 2.26. The number of urea groups is 1. The summed E-state index contributed by atoms with van der Waals surface area (Å²) in [7, 11) is 0. The van der Waals surface area contributed by atoms with Crippen LogP contribution in [0.4, 0.5) is 4.79 Å². The van der Waals surface area contributed by atoms with Gasteiger partial charge in [-0.1, -0.05) is 23.7 Å². The number of benzene rings is 1. The number of nitrogens with two attached hydrogens (primary N) is 1. The number of hydrogen-bond acceptors (Lipinski definition) is 3. The fourth-order valence-corrected chi connectivity index (χ4v) is 1.29. The van der Waals surface area contributed by atoms with Gasteiger partial charge in [0.15, 0.2) is 0 Å². The summed E-state index contributed by atoms with van der Waals surface area (Å²) in [6.07, 6.45) is 0. The molecule has 6 nitrogen and oxygen atoms in total. The first-order valence-electron chi connectivity index (χ1n) is 4.30. The molecule has 0 radical (unpaired) electrons. The van der Waals surface area contributed by atoms with Crippen LogP contribution in [0.5, 0.6) is 0 Å². The van der Waals surface area contributed by atoms with Gasteiger partial charge < -0.3 is 11.1 Å². The Hall–Kier alpha value is -1.79. The Morgan fingerprint density at radius 3 is 2.31 bits per heavy atom. The number of rotatable bonds is 3. The first-order chi connectivity index (χ1) is 7.54. The monoisotopic (exact) mass is 243 g/mol. The molecule has 0 saturated heterocycles. The van der Waals surface area contributed by atoms with E-state index in [9.17, 15) is 9.59 Å². The van der Waals surface area contributed by atoms with Crippen LogP contribution < -0.4 is 16.5 Å². The third kappa shape index (κ3) is 3.11. The molecule has 0 aliphatic rings. The normalized spacial score (nSPS) is 11.6. The number of primary amides is 1. The van der Waals surface area contributed by atoms with E-state index in [0.29, 0.717) is 10.6 Å². The Kier molecular flexibility index (Phi) is 4.10. The van der Waals surface area contributed by atoms with Crippen molar-refractivity contribution in [2.75, 3.05) is 0 Å². The van der Waals surface area contributed by atoms with Gasteiger partial charge in [0.2, 0.25) is 0 Å². The average molecular weight is 244 g/mol. The molecule has 0 aromatic heterocycles. The molecule has 0 saturated carbocycles. The van der Waals surface area contributed by atoms with Crippen LogP contribution in [-0.4, -0.2) is 17.1 Å². The SMILES string of the molecule is NC(=O)NC(C(=O)NO)c1ccc(Cl)cc1. The van der Waals surface area contributed by atoms with E-state index in [1.165, 1.54) is 17.6 Å². The minimum Gasteiger partial charge on any atom is -0.352 e. The van der Waals surface area contributed by atoms with Gasteiger partial charge in [-0.25, -0.2) is 10.3 Å². The van der Waals surface area contributed by atoms with Crippen molar-refractivity contribution in [1.29, 1.82) is 0 Å². The lowest BCUT2D eigenvalue weighted by Gasteiger charge is -2.15. The molecular formula is C9H10ClN3O3. The lowest BCUT2D eigenvalue weighted by molar-refractivity contribution is -0.131. The van der Waals surface area contributed by atoms with E-state index < -0.39 is 18.0 Å². The Morgan fingerprint density at radius 1 is 1.31 bits per heavy atom. The van der Waals surface area contributed by atoms with Gasteiger partial charge in [-0.2, -0.15) is 0 Å². The van der Waals surface area contributed by atoms with E-state index in [-0.39, 0.29) is 0 Å². The zero-order chi connectivity index (χ0) is 12.1. The minimum atomic E-state index is -1.06. The highest BCUT2D eigenvalue weighted by molar-refractivity contribution is 6.30. The third-order valence-electron chi connectivity index (χ3n) is 1.86. The van der Waals surface area contributed by atoms with Crippen LogP contribution in [0.2, 0.25) is 5.02 Å². The summed E-state index contributed by atoms with van der Waals surface area (Å²) in [5, 5.41) is 11.2. The number of carbonyl (C=O) groups is 2. The molecular weight excluding hydrogens is 234 g/mol. The predicted octanol–water partition coefficient (Wildman–Crippen LogP) is 0.555. The van der Waals surface area contributed by atoms with E-state index >= 15 is 0 Å². The lowest BCUT2D eigenvalue weighted by atomic mass is 10.1. The maximum Gasteiger partial charge on any atom is 0.313 e. The Labute approximate surface area is 96.3 Å². The first kappa shape index (κ1) is 12.3. The molecule has 5 N–H and O–H groups in total. The van der Waals surface area contributed by atoms with Crippen LogP contribution in [0.3, 0.4) is 0 Å². The van der Waals surface area contributed by atoms with E-state index in [1.54, 1.807) is 12.1 Å². The maximum atomic E-state index is 11.3. The Morgan fingerprint density at radius 2 is 1.88 bits per heavy atom. The van der Waals surface area contributed by atoms with Crippen molar-refractivity contribution < 1.29 is 14.8 Å². The molecule has 0 bridgehead atoms. The molecule has 0 heterocycles. The van der Waals surface area contributed by atoms with Gasteiger partial charge in [0.1, 0.15) is 6.04 Å². The molecule has 0 fully saturated rings. The molecule has 16 heavy (non-hydrogen) atoms. The van der Waals surface area contributed by atoms with Gasteiger partial charge >= 0.3 is 6.03 Å². The van der Waals surface area contributed by atoms with Crippen molar-refractivity contribution in [3.8, 4) is 0 Å². The molecule has 1 unspecified atom stereocenters. The van der Waals surface area contributed by atoms with Crippen molar-refractivity contribution in [3.63, 3.8) is 0 Å². The van der Waals surface area contributed by atoms with E-state index in [0.717, 1.165) is 0 Å². The van der Waals surface area contributed by atoms with E-state index in [2.05, 4.69) is 5.32 Å². The molecule has 1 aromatic carbocycles. The largest absolute Gasteiger partial charge is 0.352 e. The van der Waals surface area contributed by atoms with Crippen LogP contribution in [0, 0.1) is 0 Å². The number of carbonyl (C=O) groups excluding carboxylic acids is 2. The van der Waals surface area contributed by atoms with Crippen molar-refractivity contribution >= 4 is 23.5 Å². The minimum absolute atomic E-state index is 0.453. The van der Waals surface area contributed by atoms with Crippen LogP contribution in [0.15, 0.2) is 24.3 Å².